The van der Waals surface area contributed by atoms with Crippen molar-refractivity contribution in [1.29, 1.82) is 0 Å². The Morgan fingerprint density at radius 3 is 1.91 bits per heavy atom. The summed E-state index contributed by atoms with van der Waals surface area (Å²) in [6.45, 7) is 7.14. The van der Waals surface area contributed by atoms with Crippen molar-refractivity contribution < 1.29 is 5.11 Å². The lowest BCUT2D eigenvalue weighted by atomic mass is 9.96. The van der Waals surface area contributed by atoms with Gasteiger partial charge in [0.2, 0.25) is 0 Å². The van der Waals surface area contributed by atoms with Gasteiger partial charge in [0.15, 0.2) is 0 Å². The molecule has 1 aliphatic heterocycles. The molecule has 0 aliphatic carbocycles. The first kappa shape index (κ1) is 16.5. The quantitative estimate of drug-likeness (QED) is 0.933. The van der Waals surface area contributed by atoms with Crippen LogP contribution in [-0.4, -0.2) is 47.3 Å². The fraction of sp³-hybridized carbons (Fsp3) is 0.316. The first-order chi connectivity index (χ1) is 11.1. The van der Waals surface area contributed by atoms with E-state index in [-0.39, 0.29) is 6.04 Å². The van der Waals surface area contributed by atoms with E-state index in [0.29, 0.717) is 0 Å². The van der Waals surface area contributed by atoms with Crippen molar-refractivity contribution in [2.45, 2.75) is 12.3 Å². The summed E-state index contributed by atoms with van der Waals surface area (Å²) in [6.07, 6.45) is -0.622. The van der Waals surface area contributed by atoms with Crippen molar-refractivity contribution in [3.05, 3.63) is 77.7 Å². The average molecular weight is 330 g/mol. The molecule has 1 fully saturated rings. The predicted octanol–water partition coefficient (Wildman–Crippen LogP) is 3.20. The van der Waals surface area contributed by atoms with Gasteiger partial charge in [-0.25, -0.2) is 0 Å². The summed E-state index contributed by atoms with van der Waals surface area (Å²) >= 11 is 6.05. The van der Waals surface area contributed by atoms with Gasteiger partial charge in [-0.1, -0.05) is 54.1 Å². The fourth-order valence-electron chi connectivity index (χ4n) is 3.19. The van der Waals surface area contributed by atoms with Crippen LogP contribution in [0.5, 0.6) is 0 Å². The second kappa shape index (κ2) is 7.45. The van der Waals surface area contributed by atoms with Gasteiger partial charge in [0.1, 0.15) is 6.23 Å². The normalized spacial score (nSPS) is 19.4. The first-order valence-corrected chi connectivity index (χ1v) is 8.32. The Labute approximate surface area is 143 Å². The van der Waals surface area contributed by atoms with Gasteiger partial charge < -0.3 is 5.11 Å². The number of aliphatic hydroxyl groups is 1. The number of benzene rings is 2. The molecule has 0 bridgehead atoms. The number of halogens is 1. The number of hydrogen-bond acceptors (Lipinski definition) is 3. The van der Waals surface area contributed by atoms with Crippen LogP contribution in [0.1, 0.15) is 17.2 Å². The van der Waals surface area contributed by atoms with Crippen LogP contribution >= 0.6 is 11.6 Å². The van der Waals surface area contributed by atoms with Crippen molar-refractivity contribution >= 4 is 11.6 Å². The molecule has 1 saturated heterocycles. The summed E-state index contributed by atoms with van der Waals surface area (Å²) in [6, 6.07) is 18.8. The Balaban J connectivity index is 1.86. The Kier molecular flexibility index (Phi) is 5.34. The summed E-state index contributed by atoms with van der Waals surface area (Å²) in [5.74, 6) is 0. The largest absolute Gasteiger partial charge is 0.378 e. The van der Waals surface area contributed by atoms with E-state index in [2.05, 4.69) is 48.2 Å². The van der Waals surface area contributed by atoms with Gasteiger partial charge in [-0.05, 0) is 30.2 Å². The molecule has 2 unspecified atom stereocenters. The van der Waals surface area contributed by atoms with Gasteiger partial charge in [0.25, 0.3) is 0 Å². The third-order valence-corrected chi connectivity index (χ3v) is 4.69. The highest BCUT2D eigenvalue weighted by atomic mass is 35.5. The summed E-state index contributed by atoms with van der Waals surface area (Å²) in [4.78, 5) is 4.46. The molecule has 2 aromatic rings. The molecule has 121 valence electrons. The zero-order valence-corrected chi connectivity index (χ0v) is 13.9. The highest BCUT2D eigenvalue weighted by Gasteiger charge is 2.27. The second-order valence-electron chi connectivity index (χ2n) is 5.92. The van der Waals surface area contributed by atoms with Gasteiger partial charge in [-0.15, -0.1) is 0 Å². The molecule has 0 aromatic heterocycles. The van der Waals surface area contributed by atoms with Gasteiger partial charge in [0, 0.05) is 31.2 Å². The number of piperazine rings is 1. The van der Waals surface area contributed by atoms with Crippen LogP contribution in [0, 0.1) is 6.92 Å². The topological polar surface area (TPSA) is 26.7 Å². The zero-order chi connectivity index (χ0) is 16.2. The third-order valence-electron chi connectivity index (χ3n) is 4.44. The first-order valence-electron chi connectivity index (χ1n) is 7.95. The van der Waals surface area contributed by atoms with E-state index in [1.807, 2.05) is 23.1 Å². The minimum atomic E-state index is -0.622. The number of hydrogen-bond donors (Lipinski definition) is 1. The van der Waals surface area contributed by atoms with Gasteiger partial charge >= 0.3 is 0 Å². The second-order valence-corrected chi connectivity index (χ2v) is 6.35. The monoisotopic (exact) mass is 329 g/mol. The van der Waals surface area contributed by atoms with Crippen LogP contribution in [-0.2, 0) is 0 Å². The molecule has 23 heavy (non-hydrogen) atoms. The molecule has 3 nitrogen and oxygen atoms in total. The third kappa shape index (κ3) is 3.93. The molecule has 1 aliphatic rings. The molecule has 1 N–H and O–H groups in total. The molecule has 3 rings (SSSR count). The van der Waals surface area contributed by atoms with E-state index >= 15 is 0 Å². The summed E-state index contributed by atoms with van der Waals surface area (Å²) in [7, 11) is 0. The van der Waals surface area contributed by atoms with Crippen LogP contribution in [0.3, 0.4) is 0 Å². The van der Waals surface area contributed by atoms with E-state index in [9.17, 15) is 5.11 Å². The van der Waals surface area contributed by atoms with Crippen molar-refractivity contribution in [1.82, 2.24) is 9.80 Å². The molecule has 2 atom stereocenters. The van der Waals surface area contributed by atoms with Gasteiger partial charge in [-0.3, -0.25) is 9.80 Å². The van der Waals surface area contributed by atoms with Crippen molar-refractivity contribution in [2.75, 3.05) is 26.2 Å². The van der Waals surface area contributed by atoms with Gasteiger partial charge in [-0.2, -0.15) is 0 Å². The summed E-state index contributed by atoms with van der Waals surface area (Å²) in [5.41, 5.74) is 2.52. The molecule has 1 radical (unpaired) electrons. The average Bonchev–Trinajstić information content (AvgIpc) is 2.58. The van der Waals surface area contributed by atoms with Crippen molar-refractivity contribution in [2.24, 2.45) is 0 Å². The SMILES string of the molecule is [CH2]C(O)N1CCN(C(c2ccccc2)c2ccc(Cl)cc2)CC1. The Morgan fingerprint density at radius 2 is 1.35 bits per heavy atom. The van der Waals surface area contributed by atoms with E-state index in [4.69, 9.17) is 11.6 Å². The van der Waals surface area contributed by atoms with E-state index in [1.54, 1.807) is 0 Å². The molecule has 0 saturated carbocycles. The fourth-order valence-corrected chi connectivity index (χ4v) is 3.31. The molecule has 4 heteroatoms. The van der Waals surface area contributed by atoms with E-state index in [1.165, 1.54) is 11.1 Å². The lowest BCUT2D eigenvalue weighted by Gasteiger charge is -2.40. The maximum atomic E-state index is 9.65. The highest BCUT2D eigenvalue weighted by molar-refractivity contribution is 6.30. The minimum absolute atomic E-state index is 0.206. The Hall–Kier alpha value is -1.39. The summed E-state index contributed by atoms with van der Waals surface area (Å²) < 4.78 is 0. The van der Waals surface area contributed by atoms with Crippen LogP contribution in [0.25, 0.3) is 0 Å². The van der Waals surface area contributed by atoms with Crippen LogP contribution in [0.2, 0.25) is 5.02 Å². The highest BCUT2D eigenvalue weighted by Crippen LogP contribution is 2.30. The molecular formula is C19H22ClN2O. The maximum Gasteiger partial charge on any atom is 0.107 e. The van der Waals surface area contributed by atoms with Gasteiger partial charge in [0.05, 0.1) is 6.04 Å². The predicted molar refractivity (Wildman–Crippen MR) is 94.2 cm³/mol. The maximum absolute atomic E-state index is 9.65. The lowest BCUT2D eigenvalue weighted by Crippen LogP contribution is -2.50. The molecule has 0 spiro atoms. The summed E-state index contributed by atoms with van der Waals surface area (Å²) in [5, 5.41) is 10.4. The Bertz CT molecular complexity index is 607. The van der Waals surface area contributed by atoms with Crippen molar-refractivity contribution in [3.8, 4) is 0 Å². The van der Waals surface area contributed by atoms with E-state index in [0.717, 1.165) is 31.2 Å². The lowest BCUT2D eigenvalue weighted by molar-refractivity contribution is -0.00270. The standard InChI is InChI=1S/C19H22ClN2O/c1-15(23)21-11-13-22(14-12-21)19(16-5-3-2-4-6-16)17-7-9-18(20)10-8-17/h2-10,15,19,23H,1,11-14H2. The van der Waals surface area contributed by atoms with E-state index < -0.39 is 6.23 Å². The van der Waals surface area contributed by atoms with Crippen LogP contribution < -0.4 is 0 Å². The van der Waals surface area contributed by atoms with Crippen molar-refractivity contribution in [3.63, 3.8) is 0 Å². The zero-order valence-electron chi connectivity index (χ0n) is 13.1. The molecule has 0 amide bonds. The molecule has 2 aromatic carbocycles. The number of rotatable bonds is 4. The molecule has 1 heterocycles. The number of aliphatic hydroxyl groups excluding tert-OH is 1. The number of nitrogens with zero attached hydrogens (tertiary/aromatic N) is 2. The van der Waals surface area contributed by atoms with Crippen LogP contribution in [0.4, 0.5) is 0 Å². The Morgan fingerprint density at radius 1 is 0.826 bits per heavy atom. The molecular weight excluding hydrogens is 308 g/mol. The minimum Gasteiger partial charge on any atom is -0.378 e. The smallest absolute Gasteiger partial charge is 0.107 e. The van der Waals surface area contributed by atoms with Crippen LogP contribution in [0.15, 0.2) is 54.6 Å².